The molecule has 4 aliphatic heterocycles. The summed E-state index contributed by atoms with van der Waals surface area (Å²) in [5, 5.41) is 0. The third-order valence-electron chi connectivity index (χ3n) is 5.00. The van der Waals surface area contributed by atoms with Crippen LogP contribution in [0.2, 0.25) is 0 Å². The number of hydrogen-bond donors (Lipinski definition) is 0. The summed E-state index contributed by atoms with van der Waals surface area (Å²) in [6, 6.07) is 0. The second-order valence-corrected chi connectivity index (χ2v) is 9.57. The van der Waals surface area contributed by atoms with Crippen molar-refractivity contribution in [2.45, 2.75) is 88.4 Å². The van der Waals surface area contributed by atoms with E-state index in [1.165, 1.54) is 13.8 Å². The molecule has 16 nitrogen and oxygen atoms in total. The van der Waals surface area contributed by atoms with Gasteiger partial charge in [-0.15, -0.1) is 8.78 Å². The van der Waals surface area contributed by atoms with Gasteiger partial charge in [-0.25, -0.2) is 55.9 Å². The van der Waals surface area contributed by atoms with Gasteiger partial charge in [0.2, 0.25) is 0 Å². The zero-order valence-corrected chi connectivity index (χ0v) is 24.4. The van der Waals surface area contributed by atoms with Crippen LogP contribution in [0.1, 0.15) is 27.7 Å². The van der Waals surface area contributed by atoms with Crippen molar-refractivity contribution in [3.05, 3.63) is 0 Å². The summed E-state index contributed by atoms with van der Waals surface area (Å²) < 4.78 is 175. The number of carbonyl (C=O) groups excluding carboxylic acids is 8. The summed E-state index contributed by atoms with van der Waals surface area (Å²) in [6.45, 7) is 3.34. The molecule has 0 saturated carbocycles. The molecule has 4 heterocycles. The van der Waals surface area contributed by atoms with Gasteiger partial charge in [-0.3, -0.25) is 0 Å². The number of halogens is 12. The number of alkyl halides is 12. The average Bonchev–Trinajstić information content (AvgIpc) is 2.91. The summed E-state index contributed by atoms with van der Waals surface area (Å²) in [5.74, 6) is -22.0. The Morgan fingerprint density at radius 2 is 0.580 bits per heavy atom. The van der Waals surface area contributed by atoms with E-state index in [0.29, 0.717) is 13.8 Å². The Balaban J connectivity index is 0.000000335. The number of esters is 8. The number of ether oxygens (including phenoxy) is 8. The van der Waals surface area contributed by atoms with Crippen molar-refractivity contribution >= 4 is 47.8 Å². The first-order valence-corrected chi connectivity index (χ1v) is 12.1. The van der Waals surface area contributed by atoms with Crippen LogP contribution in [-0.4, -0.2) is 108 Å². The molecule has 0 atom stereocenters. The van der Waals surface area contributed by atoms with Gasteiger partial charge in [0.1, 0.15) is 0 Å². The molecule has 50 heavy (non-hydrogen) atoms. The van der Waals surface area contributed by atoms with Gasteiger partial charge in [-0.2, -0.15) is 26.3 Å². The van der Waals surface area contributed by atoms with Gasteiger partial charge in [-0.1, -0.05) is 0 Å². The number of carbonyl (C=O) groups is 8. The normalized spacial score (nSPS) is 29.5. The Bertz CT molecular complexity index is 1230. The molecule has 0 aromatic carbocycles. The van der Waals surface area contributed by atoms with E-state index in [1.54, 1.807) is 0 Å². The molecule has 28 heteroatoms. The summed E-state index contributed by atoms with van der Waals surface area (Å²) in [7, 11) is 0. The van der Waals surface area contributed by atoms with Crippen LogP contribution in [-0.2, 0) is 76.3 Å². The molecule has 0 unspecified atom stereocenters. The van der Waals surface area contributed by atoms with Gasteiger partial charge >= 0.3 is 78.0 Å². The fourth-order valence-corrected chi connectivity index (χ4v) is 2.60. The maximum absolute atomic E-state index is 12.4. The summed E-state index contributed by atoms with van der Waals surface area (Å²) >= 11 is 0. The SMILES string of the molecule is CC1(C(F)(F)F)OC(=O)C(F)C(=O)O1.CC1(C(F)(F)F)OC(=O)C(F)C(=O)O1.CC1(C)OC(=O)C(F)C(=O)O1.O=C1OC(F)(F)OC(=O)C1F. The summed E-state index contributed by atoms with van der Waals surface area (Å²) in [5.41, 5.74) is 0. The number of hydrogen-bond acceptors (Lipinski definition) is 16. The monoisotopic (exact) mass is 764 g/mol. The lowest BCUT2D eigenvalue weighted by molar-refractivity contribution is -0.368. The van der Waals surface area contributed by atoms with Crippen molar-refractivity contribution < 1.29 is 129 Å². The van der Waals surface area contributed by atoms with Crippen LogP contribution in [0.4, 0.5) is 52.7 Å². The van der Waals surface area contributed by atoms with Crippen molar-refractivity contribution in [2.75, 3.05) is 0 Å². The van der Waals surface area contributed by atoms with Crippen molar-refractivity contribution in [2.24, 2.45) is 0 Å². The minimum Gasteiger partial charge on any atom is -0.420 e. The third-order valence-corrected chi connectivity index (χ3v) is 5.00. The summed E-state index contributed by atoms with van der Waals surface area (Å²) in [4.78, 5) is 83.0. The average molecular weight is 764 g/mol. The largest absolute Gasteiger partial charge is 0.590 e. The first-order chi connectivity index (χ1) is 22.2. The Morgan fingerprint density at radius 3 is 0.780 bits per heavy atom. The molecule has 4 fully saturated rings. The van der Waals surface area contributed by atoms with Crippen molar-refractivity contribution in [1.29, 1.82) is 0 Å². The van der Waals surface area contributed by atoms with E-state index in [1.807, 2.05) is 0 Å². The molecule has 0 aromatic rings. The van der Waals surface area contributed by atoms with Crippen LogP contribution in [0.5, 0.6) is 0 Å². The Hall–Kier alpha value is -5.08. The highest BCUT2D eigenvalue weighted by atomic mass is 19.4. The molecule has 4 aliphatic rings. The molecule has 4 rings (SSSR count). The second-order valence-electron chi connectivity index (χ2n) is 9.57. The smallest absolute Gasteiger partial charge is 0.420 e. The van der Waals surface area contributed by atoms with Crippen LogP contribution in [0, 0.1) is 0 Å². The predicted molar refractivity (Wildman–Crippen MR) is 116 cm³/mol. The quantitative estimate of drug-likeness (QED) is 0.148. The van der Waals surface area contributed by atoms with Gasteiger partial charge < -0.3 is 37.9 Å². The van der Waals surface area contributed by atoms with E-state index in [-0.39, 0.29) is 0 Å². The topological polar surface area (TPSA) is 210 Å². The highest BCUT2D eigenvalue weighted by Crippen LogP contribution is 2.38. The Kier molecular flexibility index (Phi) is 12.4. The van der Waals surface area contributed by atoms with Crippen LogP contribution < -0.4 is 0 Å². The highest BCUT2D eigenvalue weighted by Gasteiger charge is 2.64. The van der Waals surface area contributed by atoms with E-state index in [0.717, 1.165) is 0 Å². The molecule has 0 amide bonds. The van der Waals surface area contributed by atoms with E-state index < -0.39 is 108 Å². The molecule has 0 radical (unpaired) electrons. The van der Waals surface area contributed by atoms with Crippen molar-refractivity contribution in [3.8, 4) is 0 Å². The fraction of sp³-hybridized carbons (Fsp3) is 0.636. The molecule has 284 valence electrons. The lowest BCUT2D eigenvalue weighted by Gasteiger charge is -2.34. The molecular formula is C22H16F12O16. The fourth-order valence-electron chi connectivity index (χ4n) is 2.60. The zero-order valence-electron chi connectivity index (χ0n) is 24.4. The van der Waals surface area contributed by atoms with E-state index in [2.05, 4.69) is 37.9 Å². The molecule has 0 aliphatic carbocycles. The van der Waals surface area contributed by atoms with E-state index >= 15 is 0 Å². The molecule has 4 saturated heterocycles. The molecule has 0 spiro atoms. The molecular weight excluding hydrogens is 748 g/mol. The van der Waals surface area contributed by atoms with Gasteiger partial charge in [0.15, 0.2) is 0 Å². The van der Waals surface area contributed by atoms with Crippen LogP contribution in [0.3, 0.4) is 0 Å². The van der Waals surface area contributed by atoms with Gasteiger partial charge in [0.05, 0.1) is 0 Å². The van der Waals surface area contributed by atoms with E-state index in [4.69, 9.17) is 0 Å². The van der Waals surface area contributed by atoms with Crippen LogP contribution in [0.25, 0.3) is 0 Å². The standard InChI is InChI=1S/2C6H4F4O4.C6H7FO4.C4HF3O4/c2*1-5(6(8,9)10)13-3(11)2(7)4(12)14-5;1-6(2)10-4(8)3(7)5(9)11-6;5-1-2(8)10-4(6,7)11-3(1)9/h2*2H,1H3;3H,1-2H3;1H. The second kappa shape index (κ2) is 14.4. The maximum atomic E-state index is 12.4. The summed E-state index contributed by atoms with van der Waals surface area (Å²) in [6.07, 6.45) is -25.2. The third kappa shape index (κ3) is 10.5. The highest BCUT2D eigenvalue weighted by molar-refractivity contribution is 6.01. The molecule has 0 N–H and O–H groups in total. The number of cyclic esters (lactones) is 8. The van der Waals surface area contributed by atoms with Crippen molar-refractivity contribution in [3.63, 3.8) is 0 Å². The van der Waals surface area contributed by atoms with Gasteiger partial charge in [0, 0.05) is 27.7 Å². The maximum Gasteiger partial charge on any atom is 0.590 e. The molecule has 0 aromatic heterocycles. The van der Waals surface area contributed by atoms with Crippen molar-refractivity contribution in [1.82, 2.24) is 0 Å². The zero-order chi connectivity index (χ0) is 39.6. The van der Waals surface area contributed by atoms with Crippen LogP contribution >= 0.6 is 0 Å². The Morgan fingerprint density at radius 1 is 0.400 bits per heavy atom. The van der Waals surface area contributed by atoms with Gasteiger partial charge in [0.25, 0.3) is 30.5 Å². The number of rotatable bonds is 0. The minimum absolute atomic E-state index is 0.314. The minimum atomic E-state index is -5.10. The van der Waals surface area contributed by atoms with E-state index in [9.17, 15) is 91.0 Å². The molecule has 0 bridgehead atoms. The first-order valence-electron chi connectivity index (χ1n) is 12.1. The lowest BCUT2D eigenvalue weighted by Crippen LogP contribution is -2.57. The predicted octanol–water partition coefficient (Wildman–Crippen LogP) is 1.54. The van der Waals surface area contributed by atoms with Gasteiger partial charge in [-0.05, 0) is 0 Å². The van der Waals surface area contributed by atoms with Crippen LogP contribution in [0.15, 0.2) is 0 Å². The first kappa shape index (κ1) is 42.9. The Labute approximate surface area is 266 Å². The lowest BCUT2D eigenvalue weighted by atomic mass is 10.2.